The Morgan fingerprint density at radius 3 is 2.55 bits per heavy atom. The first-order chi connectivity index (χ1) is 13.6. The summed E-state index contributed by atoms with van der Waals surface area (Å²) < 4.78 is 2.21. The zero-order valence-electron chi connectivity index (χ0n) is 16.9. The van der Waals surface area contributed by atoms with Gasteiger partial charge >= 0.3 is 5.97 Å². The molecular formula is C20H27ClN4O3S. The van der Waals surface area contributed by atoms with Crippen molar-refractivity contribution in [2.75, 3.05) is 25.0 Å². The summed E-state index contributed by atoms with van der Waals surface area (Å²) >= 11 is 7.51. The highest BCUT2D eigenvalue weighted by Gasteiger charge is 2.29. The minimum atomic E-state index is -0.802. The lowest BCUT2D eigenvalue weighted by molar-refractivity contribution is -0.138. The topological polar surface area (TPSA) is 87.5 Å². The molecule has 9 heteroatoms. The summed E-state index contributed by atoms with van der Waals surface area (Å²) in [5, 5.41) is 17.0. The summed E-state index contributed by atoms with van der Waals surface area (Å²) in [5.41, 5.74) is 0.320. The standard InChI is InChI=1S/C20H27ClN4O3S/c1-20(2,3)19(28)25-17(22-11-14-4-5-16(21)29-14)10-15(23-25)13-6-8-24(9-7-13)12-18(26)27/h4-5,10,13,22H,6-9,11-12H2,1-3H3,(H,26,27). The molecule has 0 aromatic carbocycles. The molecule has 0 radical (unpaired) electrons. The van der Waals surface area contributed by atoms with Crippen LogP contribution in [0.3, 0.4) is 0 Å². The van der Waals surface area contributed by atoms with Gasteiger partial charge in [-0.1, -0.05) is 32.4 Å². The van der Waals surface area contributed by atoms with Gasteiger partial charge in [-0.25, -0.2) is 0 Å². The van der Waals surface area contributed by atoms with Crippen LogP contribution in [0.25, 0.3) is 0 Å². The Balaban J connectivity index is 1.77. The minimum Gasteiger partial charge on any atom is -0.480 e. The number of hydrogen-bond donors (Lipinski definition) is 2. The fourth-order valence-electron chi connectivity index (χ4n) is 3.40. The molecule has 3 rings (SSSR count). The second-order valence-electron chi connectivity index (χ2n) is 8.42. The fourth-order valence-corrected chi connectivity index (χ4v) is 4.43. The molecular weight excluding hydrogens is 412 g/mol. The van der Waals surface area contributed by atoms with Gasteiger partial charge in [-0.15, -0.1) is 11.3 Å². The van der Waals surface area contributed by atoms with E-state index in [9.17, 15) is 9.59 Å². The van der Waals surface area contributed by atoms with Crippen LogP contribution < -0.4 is 5.32 Å². The molecule has 1 aliphatic heterocycles. The van der Waals surface area contributed by atoms with Crippen molar-refractivity contribution in [3.05, 3.63) is 33.1 Å². The number of anilines is 1. The number of rotatable bonds is 6. The molecule has 1 fully saturated rings. The Labute approximate surface area is 179 Å². The maximum absolute atomic E-state index is 12.9. The lowest BCUT2D eigenvalue weighted by Crippen LogP contribution is -2.36. The Hall–Kier alpha value is -1.90. The zero-order valence-corrected chi connectivity index (χ0v) is 18.5. The van der Waals surface area contributed by atoms with E-state index in [0.717, 1.165) is 27.7 Å². The lowest BCUT2D eigenvalue weighted by atomic mass is 9.93. The highest BCUT2D eigenvalue weighted by Crippen LogP contribution is 2.31. The number of nitrogens with one attached hydrogen (secondary N) is 1. The van der Waals surface area contributed by atoms with E-state index in [1.807, 2.05) is 43.9 Å². The van der Waals surface area contributed by atoms with E-state index in [1.54, 1.807) is 0 Å². The summed E-state index contributed by atoms with van der Waals surface area (Å²) in [4.78, 5) is 26.9. The number of carbonyl (C=O) groups excluding carboxylic acids is 1. The highest BCUT2D eigenvalue weighted by molar-refractivity contribution is 7.16. The minimum absolute atomic E-state index is 0.0693. The molecule has 3 heterocycles. The van der Waals surface area contributed by atoms with Gasteiger partial charge in [0, 0.05) is 22.3 Å². The van der Waals surface area contributed by atoms with Crippen LogP contribution in [0, 0.1) is 5.41 Å². The molecule has 2 aromatic rings. The van der Waals surface area contributed by atoms with Gasteiger partial charge in [0.25, 0.3) is 5.91 Å². The number of piperidine rings is 1. The van der Waals surface area contributed by atoms with Gasteiger partial charge in [-0.05, 0) is 38.1 Å². The Morgan fingerprint density at radius 2 is 2.00 bits per heavy atom. The van der Waals surface area contributed by atoms with Gasteiger partial charge in [0.15, 0.2) is 0 Å². The van der Waals surface area contributed by atoms with Crippen LogP contribution >= 0.6 is 22.9 Å². The van der Waals surface area contributed by atoms with Crippen LogP contribution in [-0.4, -0.2) is 51.3 Å². The average molecular weight is 439 g/mol. The van der Waals surface area contributed by atoms with Crippen molar-refractivity contribution in [1.29, 1.82) is 0 Å². The zero-order chi connectivity index (χ0) is 21.2. The average Bonchev–Trinajstić information content (AvgIpc) is 3.25. The van der Waals surface area contributed by atoms with Gasteiger partial charge in [-0.3, -0.25) is 14.5 Å². The quantitative estimate of drug-likeness (QED) is 0.704. The molecule has 0 atom stereocenters. The number of thiophene rings is 1. The van der Waals surface area contributed by atoms with E-state index in [4.69, 9.17) is 16.7 Å². The summed E-state index contributed by atoms with van der Waals surface area (Å²) in [6.45, 7) is 7.70. The molecule has 7 nitrogen and oxygen atoms in total. The second-order valence-corrected chi connectivity index (χ2v) is 10.2. The highest BCUT2D eigenvalue weighted by atomic mass is 35.5. The SMILES string of the molecule is CC(C)(C)C(=O)n1nc(C2CCN(CC(=O)O)CC2)cc1NCc1ccc(Cl)s1. The monoisotopic (exact) mass is 438 g/mol. The number of aliphatic carboxylic acids is 1. The van der Waals surface area contributed by atoms with E-state index >= 15 is 0 Å². The molecule has 1 aliphatic rings. The predicted molar refractivity (Wildman–Crippen MR) is 115 cm³/mol. The van der Waals surface area contributed by atoms with Gasteiger partial charge in [0.05, 0.1) is 23.1 Å². The summed E-state index contributed by atoms with van der Waals surface area (Å²) in [6.07, 6.45) is 1.65. The number of carbonyl (C=O) groups is 2. The molecule has 158 valence electrons. The summed E-state index contributed by atoms with van der Waals surface area (Å²) in [5.74, 6) is 0.0191. The predicted octanol–water partition coefficient (Wildman–Crippen LogP) is 4.16. The number of nitrogens with zero attached hydrogens (tertiary/aromatic N) is 3. The van der Waals surface area contributed by atoms with Gasteiger partial charge < -0.3 is 10.4 Å². The van der Waals surface area contributed by atoms with E-state index in [0.29, 0.717) is 25.5 Å². The van der Waals surface area contributed by atoms with Crippen molar-refractivity contribution in [3.8, 4) is 0 Å². The Morgan fingerprint density at radius 1 is 1.31 bits per heavy atom. The molecule has 2 N–H and O–H groups in total. The Kier molecular flexibility index (Phi) is 6.65. The van der Waals surface area contributed by atoms with Crippen molar-refractivity contribution in [2.45, 2.75) is 46.1 Å². The van der Waals surface area contributed by atoms with E-state index in [2.05, 4.69) is 10.4 Å². The van der Waals surface area contributed by atoms with Crippen LogP contribution in [-0.2, 0) is 11.3 Å². The molecule has 29 heavy (non-hydrogen) atoms. The van der Waals surface area contributed by atoms with Gasteiger partial charge in [0.1, 0.15) is 5.82 Å². The molecule has 0 aliphatic carbocycles. The maximum Gasteiger partial charge on any atom is 0.317 e. The number of likely N-dealkylation sites (tertiary alicyclic amines) is 1. The van der Waals surface area contributed by atoms with Crippen LogP contribution in [0.2, 0.25) is 4.34 Å². The van der Waals surface area contributed by atoms with Crippen molar-refractivity contribution >= 4 is 40.6 Å². The number of halogens is 1. The number of aromatic nitrogens is 2. The van der Waals surface area contributed by atoms with E-state index < -0.39 is 11.4 Å². The van der Waals surface area contributed by atoms with Crippen molar-refractivity contribution in [1.82, 2.24) is 14.7 Å². The lowest BCUT2D eigenvalue weighted by Gasteiger charge is -2.29. The van der Waals surface area contributed by atoms with Gasteiger partial charge in [-0.2, -0.15) is 9.78 Å². The van der Waals surface area contributed by atoms with E-state index in [1.165, 1.54) is 16.0 Å². The van der Waals surface area contributed by atoms with Crippen LogP contribution in [0.4, 0.5) is 5.82 Å². The first-order valence-corrected chi connectivity index (χ1v) is 10.9. The summed E-state index contributed by atoms with van der Waals surface area (Å²) in [7, 11) is 0. The van der Waals surface area contributed by atoms with Crippen LogP contribution in [0.5, 0.6) is 0 Å². The first kappa shape index (κ1) is 21.8. The van der Waals surface area contributed by atoms with Gasteiger partial charge in [0.2, 0.25) is 0 Å². The maximum atomic E-state index is 12.9. The molecule has 2 aromatic heterocycles. The normalized spacial score (nSPS) is 16.1. The smallest absolute Gasteiger partial charge is 0.317 e. The van der Waals surface area contributed by atoms with Crippen molar-refractivity contribution < 1.29 is 14.7 Å². The first-order valence-electron chi connectivity index (χ1n) is 9.70. The molecule has 0 bridgehead atoms. The van der Waals surface area contributed by atoms with E-state index in [-0.39, 0.29) is 18.4 Å². The largest absolute Gasteiger partial charge is 0.480 e. The van der Waals surface area contributed by atoms with Crippen molar-refractivity contribution in [2.24, 2.45) is 5.41 Å². The second kappa shape index (κ2) is 8.85. The molecule has 0 spiro atoms. The molecule has 0 unspecified atom stereocenters. The third kappa shape index (κ3) is 5.58. The number of hydrogen-bond acceptors (Lipinski definition) is 6. The fraction of sp³-hybridized carbons (Fsp3) is 0.550. The molecule has 0 amide bonds. The third-order valence-corrected chi connectivity index (χ3v) is 6.23. The molecule has 1 saturated heterocycles. The number of carboxylic acids is 1. The van der Waals surface area contributed by atoms with Crippen LogP contribution in [0.15, 0.2) is 18.2 Å². The van der Waals surface area contributed by atoms with Crippen LogP contribution in [0.1, 0.15) is 54.9 Å². The number of carboxylic acid groups (broad SMARTS) is 1. The van der Waals surface area contributed by atoms with Crippen molar-refractivity contribution in [3.63, 3.8) is 0 Å². The third-order valence-electron chi connectivity index (χ3n) is 5.00. The Bertz CT molecular complexity index is 879. The summed E-state index contributed by atoms with van der Waals surface area (Å²) in [6, 6.07) is 5.78. The molecule has 0 saturated carbocycles.